The molecule has 0 saturated heterocycles. The van der Waals surface area contributed by atoms with Crippen molar-refractivity contribution in [2.24, 2.45) is 5.73 Å². The number of rotatable bonds is 6. The van der Waals surface area contributed by atoms with Crippen molar-refractivity contribution in [2.75, 3.05) is 0 Å². The summed E-state index contributed by atoms with van der Waals surface area (Å²) in [5.41, 5.74) is 2.62. The number of hydrogen-bond acceptors (Lipinski definition) is 3. The summed E-state index contributed by atoms with van der Waals surface area (Å²) in [5.74, 6) is -2.36. The van der Waals surface area contributed by atoms with Crippen LogP contribution in [0.25, 0.3) is 0 Å². The molecule has 2 atom stereocenters. The van der Waals surface area contributed by atoms with Crippen LogP contribution in [0, 0.1) is 0 Å². The van der Waals surface area contributed by atoms with Crippen molar-refractivity contribution >= 4 is 11.8 Å². The third kappa shape index (κ3) is 5.72. The number of nitrogens with two attached hydrogens (primary N) is 1. The van der Waals surface area contributed by atoms with E-state index in [1.54, 1.807) is 0 Å². The third-order valence-corrected chi connectivity index (χ3v) is 4.21. The largest absolute Gasteiger partial charge is 0.416 e. The molecule has 0 aliphatic heterocycles. The van der Waals surface area contributed by atoms with Gasteiger partial charge in [-0.1, -0.05) is 30.3 Å². The second-order valence-corrected chi connectivity index (χ2v) is 6.34. The third-order valence-electron chi connectivity index (χ3n) is 4.21. The van der Waals surface area contributed by atoms with Crippen LogP contribution >= 0.6 is 0 Å². The summed E-state index contributed by atoms with van der Waals surface area (Å²) in [6.45, 7) is 0. The van der Waals surface area contributed by atoms with E-state index >= 15 is 0 Å². The minimum Gasteiger partial charge on any atom is -0.378 e. The van der Waals surface area contributed by atoms with Crippen LogP contribution in [-0.4, -0.2) is 23.0 Å². The number of alkyl halides is 6. The van der Waals surface area contributed by atoms with Crippen LogP contribution in [0.1, 0.15) is 28.4 Å². The Morgan fingerprint density at radius 3 is 2.00 bits per heavy atom. The molecule has 162 valence electrons. The number of benzene rings is 2. The number of primary amides is 1. The topological polar surface area (TPSA) is 92.4 Å². The van der Waals surface area contributed by atoms with E-state index in [0.29, 0.717) is 12.1 Å². The van der Waals surface area contributed by atoms with Gasteiger partial charge in [0.05, 0.1) is 11.1 Å². The van der Waals surface area contributed by atoms with E-state index in [4.69, 9.17) is 5.73 Å². The van der Waals surface area contributed by atoms with E-state index in [1.165, 1.54) is 6.07 Å². The van der Waals surface area contributed by atoms with Gasteiger partial charge in [0.2, 0.25) is 5.91 Å². The number of aliphatic hydroxyl groups excluding tert-OH is 1. The van der Waals surface area contributed by atoms with Gasteiger partial charge in [0.1, 0.15) is 6.04 Å². The highest BCUT2D eigenvalue weighted by Crippen LogP contribution is 2.32. The monoisotopic (exact) mass is 434 g/mol. The van der Waals surface area contributed by atoms with Gasteiger partial charge in [-0.2, -0.15) is 26.3 Å². The molecule has 2 aromatic carbocycles. The Labute approximate surface area is 166 Å². The van der Waals surface area contributed by atoms with Crippen LogP contribution < -0.4 is 11.1 Å². The van der Waals surface area contributed by atoms with E-state index in [-0.39, 0.29) is 11.1 Å². The summed E-state index contributed by atoms with van der Waals surface area (Å²) in [4.78, 5) is 23.8. The lowest BCUT2D eigenvalue weighted by Crippen LogP contribution is -2.47. The van der Waals surface area contributed by atoms with Crippen molar-refractivity contribution in [1.82, 2.24) is 5.32 Å². The lowest BCUT2D eigenvalue weighted by Gasteiger charge is -2.20. The Morgan fingerprint density at radius 2 is 1.50 bits per heavy atom. The fourth-order valence-electron chi connectivity index (χ4n) is 2.67. The molecular weight excluding hydrogens is 418 g/mol. The van der Waals surface area contributed by atoms with Gasteiger partial charge in [-0.25, -0.2) is 0 Å². The van der Waals surface area contributed by atoms with Crippen molar-refractivity contribution in [3.05, 3.63) is 70.8 Å². The van der Waals surface area contributed by atoms with Crippen molar-refractivity contribution in [3.8, 4) is 0 Å². The molecule has 0 aliphatic rings. The highest BCUT2D eigenvalue weighted by molar-refractivity contribution is 5.89. The zero-order valence-electron chi connectivity index (χ0n) is 15.1. The fourth-order valence-corrected chi connectivity index (χ4v) is 2.67. The number of carbonyl (C=O) groups is 2. The highest BCUT2D eigenvalue weighted by atomic mass is 19.4. The molecule has 11 heteroatoms. The molecule has 0 fully saturated rings. The Hall–Kier alpha value is -3.08. The second kappa shape index (κ2) is 8.74. The summed E-state index contributed by atoms with van der Waals surface area (Å²) >= 11 is 0. The molecule has 2 aromatic rings. The first kappa shape index (κ1) is 23.2. The predicted octanol–water partition coefficient (Wildman–Crippen LogP) is 2.97. The standard InChI is InChI=1S/C19H16F6N2O3/c20-18(21,22)12-7-5-10(6-8-12)15(28)17(30)27-14(16(26)29)9-11-3-1-2-4-13(11)19(23,24)25/h1-8,14-15,28H,9H2,(H2,26,29)(H,27,30)/t14-,15+/m0/s1. The molecule has 0 radical (unpaired) electrons. The van der Waals surface area contributed by atoms with Gasteiger partial charge >= 0.3 is 12.4 Å². The van der Waals surface area contributed by atoms with Gasteiger partial charge in [0.25, 0.3) is 5.91 Å². The summed E-state index contributed by atoms with van der Waals surface area (Å²) in [7, 11) is 0. The van der Waals surface area contributed by atoms with Gasteiger partial charge in [-0.3, -0.25) is 9.59 Å². The van der Waals surface area contributed by atoms with E-state index < -0.39 is 53.9 Å². The Balaban J connectivity index is 2.17. The quantitative estimate of drug-likeness (QED) is 0.611. The lowest BCUT2D eigenvalue weighted by molar-refractivity contribution is -0.139. The van der Waals surface area contributed by atoms with Gasteiger partial charge in [0, 0.05) is 6.42 Å². The minimum absolute atomic E-state index is 0.209. The molecule has 4 N–H and O–H groups in total. The maximum atomic E-state index is 13.1. The van der Waals surface area contributed by atoms with Crippen molar-refractivity contribution in [2.45, 2.75) is 30.9 Å². The average molecular weight is 434 g/mol. The maximum absolute atomic E-state index is 13.1. The van der Waals surface area contributed by atoms with E-state index in [9.17, 15) is 41.0 Å². The molecule has 0 heterocycles. The fraction of sp³-hybridized carbons (Fsp3) is 0.263. The number of nitrogens with one attached hydrogen (secondary N) is 1. The average Bonchev–Trinajstić information content (AvgIpc) is 2.65. The van der Waals surface area contributed by atoms with Crippen molar-refractivity contribution in [1.29, 1.82) is 0 Å². The van der Waals surface area contributed by atoms with Crippen LogP contribution in [0.5, 0.6) is 0 Å². The van der Waals surface area contributed by atoms with Crippen molar-refractivity contribution < 1.29 is 41.0 Å². The first-order chi connectivity index (χ1) is 13.8. The van der Waals surface area contributed by atoms with Gasteiger partial charge in [-0.15, -0.1) is 0 Å². The molecule has 0 aromatic heterocycles. The number of carbonyl (C=O) groups excluding carboxylic acids is 2. The van der Waals surface area contributed by atoms with Crippen LogP contribution in [0.15, 0.2) is 48.5 Å². The molecule has 0 aliphatic carbocycles. The second-order valence-electron chi connectivity index (χ2n) is 6.34. The first-order valence-corrected chi connectivity index (χ1v) is 8.40. The molecule has 0 spiro atoms. The van der Waals surface area contributed by atoms with Gasteiger partial charge in [0.15, 0.2) is 6.10 Å². The zero-order chi connectivity index (χ0) is 22.7. The summed E-state index contributed by atoms with van der Waals surface area (Å²) in [6, 6.07) is 5.80. The van der Waals surface area contributed by atoms with Gasteiger partial charge < -0.3 is 16.2 Å². The molecule has 5 nitrogen and oxygen atoms in total. The molecular formula is C19H16F6N2O3. The first-order valence-electron chi connectivity index (χ1n) is 8.40. The van der Waals surface area contributed by atoms with Gasteiger partial charge in [-0.05, 0) is 29.3 Å². The van der Waals surface area contributed by atoms with Crippen LogP contribution in [0.3, 0.4) is 0 Å². The number of hydrogen-bond donors (Lipinski definition) is 3. The molecule has 0 unspecified atom stereocenters. The number of aliphatic hydroxyl groups is 1. The molecule has 2 rings (SSSR count). The molecule has 0 bridgehead atoms. The highest BCUT2D eigenvalue weighted by Gasteiger charge is 2.35. The molecule has 30 heavy (non-hydrogen) atoms. The van der Waals surface area contributed by atoms with E-state index in [2.05, 4.69) is 0 Å². The normalized spacial score (nSPS) is 14.1. The van der Waals surface area contributed by atoms with Crippen molar-refractivity contribution in [3.63, 3.8) is 0 Å². The zero-order valence-corrected chi connectivity index (χ0v) is 15.1. The minimum atomic E-state index is -4.71. The number of halogens is 6. The van der Waals surface area contributed by atoms with E-state index in [0.717, 1.165) is 30.3 Å². The Morgan fingerprint density at radius 1 is 0.933 bits per heavy atom. The Bertz CT molecular complexity index is 910. The predicted molar refractivity (Wildman–Crippen MR) is 92.7 cm³/mol. The SMILES string of the molecule is NC(=O)[C@H](Cc1ccccc1C(F)(F)F)NC(=O)[C@H](O)c1ccc(C(F)(F)F)cc1. The summed E-state index contributed by atoms with van der Waals surface area (Å²) < 4.78 is 77.1. The molecule has 2 amide bonds. The summed E-state index contributed by atoms with van der Waals surface area (Å²) in [6.07, 6.45) is -11.9. The Kier molecular flexibility index (Phi) is 6.76. The van der Waals surface area contributed by atoms with E-state index in [1.807, 2.05) is 5.32 Å². The summed E-state index contributed by atoms with van der Waals surface area (Å²) in [5, 5.41) is 12.1. The van der Waals surface area contributed by atoms with Crippen LogP contribution in [0.2, 0.25) is 0 Å². The lowest BCUT2D eigenvalue weighted by atomic mass is 9.99. The van der Waals surface area contributed by atoms with Crippen LogP contribution in [-0.2, 0) is 28.4 Å². The number of amides is 2. The van der Waals surface area contributed by atoms with Crippen LogP contribution in [0.4, 0.5) is 26.3 Å². The smallest absolute Gasteiger partial charge is 0.378 e. The maximum Gasteiger partial charge on any atom is 0.416 e. The molecule has 0 saturated carbocycles.